The van der Waals surface area contributed by atoms with Crippen molar-refractivity contribution in [1.82, 2.24) is 19.9 Å². The Hall–Kier alpha value is -1.64. The van der Waals surface area contributed by atoms with Crippen molar-refractivity contribution in [2.45, 2.75) is 26.3 Å². The maximum absolute atomic E-state index is 12.2. The second-order valence-electron chi connectivity index (χ2n) is 4.93. The molecule has 0 atom stereocenters. The van der Waals surface area contributed by atoms with Crippen LogP contribution >= 0.6 is 34.2 Å². The van der Waals surface area contributed by atoms with Gasteiger partial charge in [-0.15, -0.1) is 27.8 Å². The fraction of sp³-hybridized carbons (Fsp3) is 0.286. The van der Waals surface area contributed by atoms with E-state index in [9.17, 15) is 4.79 Å². The van der Waals surface area contributed by atoms with Gasteiger partial charge in [-0.05, 0) is 28.9 Å². The first kappa shape index (κ1) is 15.3. The van der Waals surface area contributed by atoms with Gasteiger partial charge in [-0.2, -0.15) is 0 Å². The Kier molecular flexibility index (Phi) is 4.60. The molecule has 0 bridgehead atoms. The number of nitrogens with one attached hydrogen (secondary N) is 1. The van der Waals surface area contributed by atoms with Gasteiger partial charge in [0.05, 0.1) is 22.0 Å². The molecule has 0 aliphatic heterocycles. The molecule has 3 aromatic rings. The van der Waals surface area contributed by atoms with Crippen LogP contribution in [-0.4, -0.2) is 20.5 Å². The Morgan fingerprint density at radius 2 is 2.23 bits per heavy atom. The van der Waals surface area contributed by atoms with Crippen LogP contribution in [0.3, 0.4) is 0 Å². The predicted octanol–water partition coefficient (Wildman–Crippen LogP) is 3.78. The van der Waals surface area contributed by atoms with Gasteiger partial charge in [0.15, 0.2) is 0 Å². The number of hydrogen-bond acceptors (Lipinski definition) is 7. The van der Waals surface area contributed by atoms with Crippen LogP contribution in [0.25, 0.3) is 9.88 Å². The van der Waals surface area contributed by atoms with Crippen molar-refractivity contribution in [2.24, 2.45) is 0 Å². The Bertz CT molecular complexity index is 761. The van der Waals surface area contributed by atoms with Crippen molar-refractivity contribution >= 4 is 40.1 Å². The maximum atomic E-state index is 12.2. The monoisotopic (exact) mass is 350 g/mol. The molecule has 1 N–H and O–H groups in total. The lowest BCUT2D eigenvalue weighted by atomic mass is 10.1. The first-order valence-corrected chi connectivity index (χ1v) is 9.27. The van der Waals surface area contributed by atoms with E-state index in [2.05, 4.69) is 33.7 Å². The quantitative estimate of drug-likeness (QED) is 0.760. The van der Waals surface area contributed by atoms with Crippen molar-refractivity contribution < 1.29 is 4.79 Å². The van der Waals surface area contributed by atoms with Gasteiger partial charge in [0.1, 0.15) is 10.7 Å². The third kappa shape index (κ3) is 3.23. The van der Waals surface area contributed by atoms with Crippen molar-refractivity contribution in [1.29, 1.82) is 0 Å². The zero-order valence-corrected chi connectivity index (χ0v) is 14.5. The Morgan fingerprint density at radius 3 is 2.95 bits per heavy atom. The van der Waals surface area contributed by atoms with E-state index in [1.807, 2.05) is 17.5 Å². The van der Waals surface area contributed by atoms with Crippen molar-refractivity contribution in [3.8, 4) is 9.88 Å². The van der Waals surface area contributed by atoms with Crippen LogP contribution in [0.4, 0.5) is 0 Å². The topological polar surface area (TPSA) is 67.8 Å². The molecule has 0 unspecified atom stereocenters. The van der Waals surface area contributed by atoms with Crippen LogP contribution in [-0.2, 0) is 6.54 Å². The summed E-state index contributed by atoms with van der Waals surface area (Å²) in [4.78, 5) is 18.7. The van der Waals surface area contributed by atoms with Crippen LogP contribution in [0.1, 0.15) is 40.8 Å². The summed E-state index contributed by atoms with van der Waals surface area (Å²) < 4.78 is 3.96. The normalized spacial score (nSPS) is 11.0. The van der Waals surface area contributed by atoms with Gasteiger partial charge in [-0.3, -0.25) is 4.79 Å². The van der Waals surface area contributed by atoms with Gasteiger partial charge >= 0.3 is 0 Å². The van der Waals surface area contributed by atoms with E-state index in [0.717, 1.165) is 20.5 Å². The smallest absolute Gasteiger partial charge is 0.271 e. The fourth-order valence-electron chi connectivity index (χ4n) is 1.92. The van der Waals surface area contributed by atoms with E-state index < -0.39 is 0 Å². The first-order chi connectivity index (χ1) is 10.6. The molecule has 22 heavy (non-hydrogen) atoms. The third-order valence-electron chi connectivity index (χ3n) is 3.01. The molecule has 0 aliphatic rings. The zero-order chi connectivity index (χ0) is 15.5. The molecule has 3 rings (SSSR count). The van der Waals surface area contributed by atoms with Crippen molar-refractivity contribution in [3.05, 3.63) is 39.2 Å². The summed E-state index contributed by atoms with van der Waals surface area (Å²) in [7, 11) is 0. The second-order valence-corrected chi connectivity index (χ2v) is 7.58. The van der Waals surface area contributed by atoms with Gasteiger partial charge < -0.3 is 5.32 Å². The van der Waals surface area contributed by atoms with Gasteiger partial charge in [-0.25, -0.2) is 4.98 Å². The number of nitrogens with zero attached hydrogens (tertiary/aromatic N) is 3. The molecular formula is C14H14N4OS3. The van der Waals surface area contributed by atoms with Gasteiger partial charge in [-0.1, -0.05) is 24.4 Å². The zero-order valence-electron chi connectivity index (χ0n) is 12.1. The minimum absolute atomic E-state index is 0.165. The van der Waals surface area contributed by atoms with Gasteiger partial charge in [0.25, 0.3) is 5.91 Å². The summed E-state index contributed by atoms with van der Waals surface area (Å²) in [6.45, 7) is 4.57. The highest BCUT2D eigenvalue weighted by molar-refractivity contribution is 7.20. The number of hydrogen-bond donors (Lipinski definition) is 1. The molecule has 0 fully saturated rings. The van der Waals surface area contributed by atoms with E-state index in [1.54, 1.807) is 16.7 Å². The lowest BCUT2D eigenvalue weighted by molar-refractivity contribution is 0.0947. The molecule has 3 heterocycles. The molecule has 0 aliphatic carbocycles. The minimum Gasteiger partial charge on any atom is -0.346 e. The Balaban J connectivity index is 1.66. The molecule has 0 spiro atoms. The maximum Gasteiger partial charge on any atom is 0.271 e. The van der Waals surface area contributed by atoms with Crippen molar-refractivity contribution in [3.63, 3.8) is 0 Å². The Morgan fingerprint density at radius 1 is 1.36 bits per heavy atom. The molecule has 0 saturated heterocycles. The number of aromatic nitrogens is 3. The van der Waals surface area contributed by atoms with Crippen LogP contribution < -0.4 is 5.32 Å². The second kappa shape index (κ2) is 6.64. The first-order valence-electron chi connectivity index (χ1n) is 6.74. The number of thiophene rings is 1. The number of carbonyl (C=O) groups excluding carboxylic acids is 1. The molecule has 0 saturated carbocycles. The van der Waals surface area contributed by atoms with E-state index in [1.165, 1.54) is 22.9 Å². The summed E-state index contributed by atoms with van der Waals surface area (Å²) in [5.41, 5.74) is 1.40. The third-order valence-corrected chi connectivity index (χ3v) is 5.63. The lowest BCUT2D eigenvalue weighted by Gasteiger charge is -2.04. The van der Waals surface area contributed by atoms with Crippen molar-refractivity contribution in [2.75, 3.05) is 0 Å². The fourth-order valence-corrected chi connectivity index (χ4v) is 4.27. The summed E-state index contributed by atoms with van der Waals surface area (Å²) in [6, 6.07) is 3.98. The largest absolute Gasteiger partial charge is 0.346 e. The van der Waals surface area contributed by atoms with E-state index in [-0.39, 0.29) is 5.91 Å². The average Bonchev–Trinajstić information content (AvgIpc) is 3.23. The number of rotatable bonds is 5. The molecule has 5 nitrogen and oxygen atoms in total. The summed E-state index contributed by atoms with van der Waals surface area (Å²) in [5, 5.41) is 11.7. The Labute approximate surface area is 140 Å². The summed E-state index contributed by atoms with van der Waals surface area (Å²) >= 11 is 4.43. The predicted molar refractivity (Wildman–Crippen MR) is 90.6 cm³/mol. The minimum atomic E-state index is -0.165. The average molecular weight is 350 g/mol. The molecular weight excluding hydrogens is 336 g/mol. The van der Waals surface area contributed by atoms with Crippen LogP contribution in [0, 0.1) is 0 Å². The molecule has 0 aromatic carbocycles. The number of carbonyl (C=O) groups is 1. The molecule has 3 aromatic heterocycles. The van der Waals surface area contributed by atoms with E-state index in [0.29, 0.717) is 18.2 Å². The summed E-state index contributed by atoms with van der Waals surface area (Å²) in [6.07, 6.45) is 0. The standard InChI is InChI=1S/C14H14N4OS3/c1-8(2)12-11(22-18-17-12)6-15-13(19)9-7-21-14(16-9)10-4-3-5-20-10/h3-5,7-8H,6H2,1-2H3,(H,15,19). The highest BCUT2D eigenvalue weighted by atomic mass is 32.1. The van der Waals surface area contributed by atoms with E-state index in [4.69, 9.17) is 0 Å². The number of thiazole rings is 1. The molecule has 1 amide bonds. The lowest BCUT2D eigenvalue weighted by Crippen LogP contribution is -2.23. The van der Waals surface area contributed by atoms with Gasteiger partial charge in [0, 0.05) is 5.38 Å². The SMILES string of the molecule is CC(C)c1nnsc1CNC(=O)c1csc(-c2cccs2)n1. The van der Waals surface area contributed by atoms with Gasteiger partial charge in [0.2, 0.25) is 0 Å². The van der Waals surface area contributed by atoms with E-state index >= 15 is 0 Å². The number of amides is 1. The van der Waals surface area contributed by atoms with Crippen LogP contribution in [0.15, 0.2) is 22.9 Å². The van der Waals surface area contributed by atoms with Crippen LogP contribution in [0.5, 0.6) is 0 Å². The summed E-state index contributed by atoms with van der Waals surface area (Å²) in [5.74, 6) is 0.137. The molecule has 0 radical (unpaired) electrons. The van der Waals surface area contributed by atoms with Crippen LogP contribution in [0.2, 0.25) is 0 Å². The molecule has 8 heteroatoms. The highest BCUT2D eigenvalue weighted by Gasteiger charge is 2.15. The highest BCUT2D eigenvalue weighted by Crippen LogP contribution is 2.27. The molecule has 114 valence electrons.